The van der Waals surface area contributed by atoms with Crippen molar-refractivity contribution in [1.82, 2.24) is 0 Å². The maximum Gasteiger partial charge on any atom is 0.335 e. The lowest BCUT2D eigenvalue weighted by molar-refractivity contribution is -0.116. The molecule has 0 fully saturated rings. The number of carboxylic acid groups (broad SMARTS) is 1. The molecule has 2 aromatic rings. The average Bonchev–Trinajstić information content (AvgIpc) is 3.36. The zero-order chi connectivity index (χ0) is 29.5. The minimum atomic E-state index is -1.07. The van der Waals surface area contributed by atoms with Gasteiger partial charge in [0.2, 0.25) is 0 Å². The summed E-state index contributed by atoms with van der Waals surface area (Å²) in [5.74, 6) is -1.26. The molecule has 1 aliphatic heterocycles. The Bertz CT molecular complexity index is 1190. The second kappa shape index (κ2) is 17.4. The van der Waals surface area contributed by atoms with Crippen LogP contribution in [0.5, 0.6) is 0 Å². The van der Waals surface area contributed by atoms with Crippen LogP contribution < -0.4 is 10.7 Å². The van der Waals surface area contributed by atoms with E-state index in [1.807, 2.05) is 0 Å². The first-order valence-electron chi connectivity index (χ1n) is 15.6. The van der Waals surface area contributed by atoms with Gasteiger partial charge in [-0.3, -0.25) is 9.59 Å². The van der Waals surface area contributed by atoms with Crippen LogP contribution in [0.25, 0.3) is 0 Å². The first-order valence-corrected chi connectivity index (χ1v) is 15.6. The minimum absolute atomic E-state index is 0.0495. The van der Waals surface area contributed by atoms with Gasteiger partial charge in [-0.05, 0) is 30.7 Å². The molecule has 41 heavy (non-hydrogen) atoms. The summed E-state index contributed by atoms with van der Waals surface area (Å²) in [5, 5.41) is 14.9. The van der Waals surface area contributed by atoms with Crippen LogP contribution in [-0.2, 0) is 4.79 Å². The number of ketones is 1. The highest BCUT2D eigenvalue weighted by Gasteiger charge is 2.28. The van der Waals surface area contributed by atoms with E-state index >= 15 is 0 Å². The van der Waals surface area contributed by atoms with E-state index in [0.29, 0.717) is 34.6 Å². The zero-order valence-corrected chi connectivity index (χ0v) is 24.7. The number of hydrazone groups is 1. The van der Waals surface area contributed by atoms with Crippen molar-refractivity contribution in [2.24, 2.45) is 5.10 Å². The van der Waals surface area contributed by atoms with Crippen LogP contribution in [0.4, 0.5) is 11.4 Å². The molecular formula is C34H47N3O4. The quantitative estimate of drug-likeness (QED) is 0.0955. The van der Waals surface area contributed by atoms with E-state index in [0.717, 1.165) is 12.8 Å². The van der Waals surface area contributed by atoms with Crippen molar-refractivity contribution >= 4 is 34.7 Å². The van der Waals surface area contributed by atoms with E-state index in [9.17, 15) is 19.5 Å². The van der Waals surface area contributed by atoms with Gasteiger partial charge in [-0.1, -0.05) is 115 Å². The van der Waals surface area contributed by atoms with Gasteiger partial charge in [0.25, 0.3) is 5.91 Å². The number of benzene rings is 2. The van der Waals surface area contributed by atoms with Gasteiger partial charge >= 0.3 is 5.97 Å². The number of carbonyl (C=O) groups excluding carboxylic acids is 2. The summed E-state index contributed by atoms with van der Waals surface area (Å²) in [6.07, 6.45) is 19.9. The summed E-state index contributed by atoms with van der Waals surface area (Å²) >= 11 is 0. The van der Waals surface area contributed by atoms with Crippen LogP contribution in [0, 0.1) is 0 Å². The molecule has 0 saturated carbocycles. The molecule has 0 bridgehead atoms. The number of carbonyl (C=O) groups is 3. The summed E-state index contributed by atoms with van der Waals surface area (Å²) in [7, 11) is 0. The molecule has 3 N–H and O–H groups in total. The third-order valence-corrected chi connectivity index (χ3v) is 7.81. The van der Waals surface area contributed by atoms with Crippen LogP contribution in [0.15, 0.2) is 47.6 Å². The topological polar surface area (TPSA) is 113 Å². The van der Waals surface area contributed by atoms with Crippen molar-refractivity contribution in [3.63, 3.8) is 0 Å². The minimum Gasteiger partial charge on any atom is -0.478 e. The summed E-state index contributed by atoms with van der Waals surface area (Å²) < 4.78 is 0. The maximum absolute atomic E-state index is 12.7. The summed E-state index contributed by atoms with van der Waals surface area (Å²) in [6, 6.07) is 11.3. The van der Waals surface area contributed by atoms with Crippen molar-refractivity contribution < 1.29 is 19.5 Å². The van der Waals surface area contributed by atoms with E-state index in [-0.39, 0.29) is 23.7 Å². The highest BCUT2D eigenvalue weighted by molar-refractivity contribution is 6.21. The van der Waals surface area contributed by atoms with Crippen molar-refractivity contribution in [3.8, 4) is 0 Å². The first kappa shape index (κ1) is 32.0. The van der Waals surface area contributed by atoms with E-state index in [4.69, 9.17) is 5.73 Å². The SMILES string of the molecule is CCCCCCCCCCCCCCCCCC(=O)c1ccc(C2=NN(c3cccc(C(=O)O)c3)C(=O)C2)c(N)c1. The molecule has 0 atom stereocenters. The third-order valence-electron chi connectivity index (χ3n) is 7.81. The molecule has 0 aromatic heterocycles. The maximum atomic E-state index is 12.7. The number of anilines is 2. The third kappa shape index (κ3) is 10.5. The number of amides is 1. The number of nitrogens with zero attached hydrogens (tertiary/aromatic N) is 2. The molecule has 222 valence electrons. The van der Waals surface area contributed by atoms with Gasteiger partial charge in [-0.2, -0.15) is 5.10 Å². The fraction of sp³-hybridized carbons (Fsp3) is 0.529. The molecule has 0 radical (unpaired) electrons. The van der Waals surface area contributed by atoms with Gasteiger partial charge in [0.05, 0.1) is 23.4 Å². The second-order valence-corrected chi connectivity index (χ2v) is 11.2. The zero-order valence-electron chi connectivity index (χ0n) is 24.7. The Kier molecular flexibility index (Phi) is 13.6. The van der Waals surface area contributed by atoms with Crippen LogP contribution >= 0.6 is 0 Å². The number of nitrogen functional groups attached to an aromatic ring is 1. The number of hydrogen-bond acceptors (Lipinski definition) is 5. The van der Waals surface area contributed by atoms with Crippen molar-refractivity contribution in [3.05, 3.63) is 59.2 Å². The normalized spacial score (nSPS) is 13.0. The molecule has 1 heterocycles. The molecule has 3 rings (SSSR count). The van der Waals surface area contributed by atoms with E-state index in [1.165, 1.54) is 101 Å². The fourth-order valence-corrected chi connectivity index (χ4v) is 5.35. The molecule has 1 aliphatic rings. The van der Waals surface area contributed by atoms with Gasteiger partial charge in [-0.15, -0.1) is 0 Å². The van der Waals surface area contributed by atoms with Gasteiger partial charge < -0.3 is 10.8 Å². The number of Topliss-reactive ketones (excluding diaryl/α,β-unsaturated/α-hetero) is 1. The van der Waals surface area contributed by atoms with Gasteiger partial charge in [0.15, 0.2) is 5.78 Å². The van der Waals surface area contributed by atoms with Gasteiger partial charge in [-0.25, -0.2) is 9.80 Å². The summed E-state index contributed by atoms with van der Waals surface area (Å²) in [6.45, 7) is 2.26. The predicted octanol–water partition coefficient (Wildman–Crippen LogP) is 8.55. The molecule has 1 amide bonds. The van der Waals surface area contributed by atoms with Crippen molar-refractivity contribution in [1.29, 1.82) is 0 Å². The fourth-order valence-electron chi connectivity index (χ4n) is 5.35. The van der Waals surface area contributed by atoms with Gasteiger partial charge in [0, 0.05) is 23.2 Å². The lowest BCUT2D eigenvalue weighted by Gasteiger charge is -2.12. The lowest BCUT2D eigenvalue weighted by Crippen LogP contribution is -2.19. The van der Waals surface area contributed by atoms with Crippen molar-refractivity contribution in [2.75, 3.05) is 10.7 Å². The van der Waals surface area contributed by atoms with Crippen LogP contribution in [-0.4, -0.2) is 28.5 Å². The second-order valence-electron chi connectivity index (χ2n) is 11.2. The number of aromatic carboxylic acids is 1. The summed E-state index contributed by atoms with van der Waals surface area (Å²) in [5.41, 5.74) is 8.83. The molecule has 0 spiro atoms. The molecular weight excluding hydrogens is 514 g/mol. The van der Waals surface area contributed by atoms with Crippen molar-refractivity contribution in [2.45, 2.75) is 116 Å². The van der Waals surface area contributed by atoms with E-state index < -0.39 is 5.97 Å². The highest BCUT2D eigenvalue weighted by Crippen LogP contribution is 2.27. The molecule has 0 unspecified atom stereocenters. The van der Waals surface area contributed by atoms with E-state index in [2.05, 4.69) is 12.0 Å². The molecule has 7 nitrogen and oxygen atoms in total. The first-order chi connectivity index (χ1) is 19.9. The Morgan fingerprint density at radius 1 is 0.805 bits per heavy atom. The predicted molar refractivity (Wildman–Crippen MR) is 167 cm³/mol. The summed E-state index contributed by atoms with van der Waals surface area (Å²) in [4.78, 5) is 36.6. The number of nitrogens with two attached hydrogens (primary N) is 1. The Labute approximate surface area is 245 Å². The number of carboxylic acids is 1. The number of hydrogen-bond donors (Lipinski definition) is 2. The largest absolute Gasteiger partial charge is 0.478 e. The monoisotopic (exact) mass is 561 g/mol. The Hall–Kier alpha value is -3.48. The Balaban J connectivity index is 1.35. The molecule has 2 aromatic carbocycles. The molecule has 0 saturated heterocycles. The smallest absolute Gasteiger partial charge is 0.335 e. The van der Waals surface area contributed by atoms with Gasteiger partial charge in [0.1, 0.15) is 0 Å². The van der Waals surface area contributed by atoms with Crippen LogP contribution in [0.1, 0.15) is 142 Å². The Morgan fingerprint density at radius 3 is 1.95 bits per heavy atom. The molecule has 7 heteroatoms. The standard InChI is InChI=1S/C34H47N3O4/c1-2-3-4-5-6-7-8-9-10-11-12-13-14-15-16-20-32(38)26-21-22-29(30(35)24-26)31-25-33(39)37(36-31)28-19-17-18-27(23-28)34(40)41/h17-19,21-24H,2-16,20,25,35H2,1H3,(H,40,41). The highest BCUT2D eigenvalue weighted by atomic mass is 16.4. The van der Waals surface area contributed by atoms with Crippen LogP contribution in [0.3, 0.4) is 0 Å². The lowest BCUT2D eigenvalue weighted by atomic mass is 9.98. The Morgan fingerprint density at radius 2 is 1.39 bits per heavy atom. The number of rotatable bonds is 20. The van der Waals surface area contributed by atoms with Crippen LogP contribution in [0.2, 0.25) is 0 Å². The molecule has 0 aliphatic carbocycles. The number of unbranched alkanes of at least 4 members (excludes halogenated alkanes) is 14. The van der Waals surface area contributed by atoms with E-state index in [1.54, 1.807) is 30.3 Å². The average molecular weight is 562 g/mol.